The van der Waals surface area contributed by atoms with Crippen molar-refractivity contribution >= 4 is 33.3 Å². The van der Waals surface area contributed by atoms with E-state index in [0.29, 0.717) is 45.4 Å². The number of nitrogens with zero attached hydrogens (tertiary/aromatic N) is 3. The van der Waals surface area contributed by atoms with Crippen LogP contribution in [0.4, 0.5) is 5.82 Å². The SMILES string of the molecule is COCCn1cnc2sc(C(=O)Nc3cc(C)on3)c(C)c2c1=O. The van der Waals surface area contributed by atoms with Crippen LogP contribution in [0.2, 0.25) is 0 Å². The Labute approximate surface area is 141 Å². The summed E-state index contributed by atoms with van der Waals surface area (Å²) in [5.41, 5.74) is 0.430. The monoisotopic (exact) mass is 348 g/mol. The average molecular weight is 348 g/mol. The minimum atomic E-state index is -0.341. The molecule has 0 radical (unpaired) electrons. The third-order valence-corrected chi connectivity index (χ3v) is 4.73. The van der Waals surface area contributed by atoms with Crippen LogP contribution in [0.25, 0.3) is 10.2 Å². The standard InChI is InChI=1S/C15H16N4O4S/c1-8-6-10(18-23-8)17-13(20)12-9(2)11-14(24-12)16-7-19(15(11)21)4-5-22-3/h6-7H,4-5H2,1-3H3,(H,17,18,20). The largest absolute Gasteiger partial charge is 0.383 e. The highest BCUT2D eigenvalue weighted by Gasteiger charge is 2.20. The van der Waals surface area contributed by atoms with Crippen LogP contribution in [-0.2, 0) is 11.3 Å². The van der Waals surface area contributed by atoms with E-state index >= 15 is 0 Å². The van der Waals surface area contributed by atoms with Gasteiger partial charge in [0.2, 0.25) is 0 Å². The zero-order valence-corrected chi connectivity index (χ0v) is 14.3. The number of fused-ring (bicyclic) bond motifs is 1. The van der Waals surface area contributed by atoms with Crippen LogP contribution in [0.15, 0.2) is 21.7 Å². The van der Waals surface area contributed by atoms with Gasteiger partial charge in [0.1, 0.15) is 10.6 Å². The van der Waals surface area contributed by atoms with E-state index in [1.807, 2.05) is 0 Å². The lowest BCUT2D eigenvalue weighted by Gasteiger charge is -2.04. The Kier molecular flexibility index (Phi) is 4.45. The molecular formula is C15H16N4O4S. The van der Waals surface area contributed by atoms with Crippen molar-refractivity contribution < 1.29 is 14.1 Å². The summed E-state index contributed by atoms with van der Waals surface area (Å²) in [5, 5.41) is 6.85. The van der Waals surface area contributed by atoms with Gasteiger partial charge in [-0.05, 0) is 19.4 Å². The van der Waals surface area contributed by atoms with Crippen molar-refractivity contribution in [3.8, 4) is 0 Å². The van der Waals surface area contributed by atoms with Gasteiger partial charge in [0.05, 0.1) is 29.7 Å². The quantitative estimate of drug-likeness (QED) is 0.757. The first kappa shape index (κ1) is 16.3. The summed E-state index contributed by atoms with van der Waals surface area (Å²) in [6.45, 7) is 4.30. The van der Waals surface area contributed by atoms with Crippen molar-refractivity contribution in [3.05, 3.63) is 38.9 Å². The summed E-state index contributed by atoms with van der Waals surface area (Å²) in [6, 6.07) is 1.62. The van der Waals surface area contributed by atoms with Crippen LogP contribution in [0.3, 0.4) is 0 Å². The molecule has 3 rings (SSSR count). The molecule has 0 aliphatic heterocycles. The summed E-state index contributed by atoms with van der Waals surface area (Å²) >= 11 is 1.18. The molecule has 24 heavy (non-hydrogen) atoms. The van der Waals surface area contributed by atoms with E-state index in [2.05, 4.69) is 15.5 Å². The van der Waals surface area contributed by atoms with Gasteiger partial charge < -0.3 is 14.6 Å². The average Bonchev–Trinajstić information content (AvgIpc) is 3.10. The molecule has 0 aliphatic rings. The molecule has 1 N–H and O–H groups in total. The maximum Gasteiger partial charge on any atom is 0.267 e. The van der Waals surface area contributed by atoms with Crippen molar-refractivity contribution in [3.63, 3.8) is 0 Å². The number of thiophene rings is 1. The van der Waals surface area contributed by atoms with Crippen molar-refractivity contribution in [2.45, 2.75) is 20.4 Å². The Morgan fingerprint density at radius 2 is 2.25 bits per heavy atom. The molecule has 0 saturated heterocycles. The van der Waals surface area contributed by atoms with E-state index in [1.165, 1.54) is 22.2 Å². The lowest BCUT2D eigenvalue weighted by molar-refractivity contribution is 0.102. The lowest BCUT2D eigenvalue weighted by Crippen LogP contribution is -2.22. The number of carbonyl (C=O) groups is 1. The summed E-state index contributed by atoms with van der Waals surface area (Å²) in [7, 11) is 1.57. The minimum Gasteiger partial charge on any atom is -0.383 e. The summed E-state index contributed by atoms with van der Waals surface area (Å²) in [6.07, 6.45) is 1.47. The first-order chi connectivity index (χ1) is 11.5. The van der Waals surface area contributed by atoms with E-state index in [4.69, 9.17) is 9.26 Å². The van der Waals surface area contributed by atoms with Gasteiger partial charge in [0, 0.05) is 13.2 Å². The molecule has 9 heteroatoms. The topological polar surface area (TPSA) is 99.2 Å². The zero-order valence-electron chi connectivity index (χ0n) is 13.5. The number of nitrogens with one attached hydrogen (secondary N) is 1. The zero-order chi connectivity index (χ0) is 17.3. The second-order valence-electron chi connectivity index (χ2n) is 5.25. The molecule has 3 aromatic heterocycles. The fraction of sp³-hybridized carbons (Fsp3) is 0.333. The molecular weight excluding hydrogens is 332 g/mol. The van der Waals surface area contributed by atoms with Crippen molar-refractivity contribution in [2.24, 2.45) is 0 Å². The molecule has 3 heterocycles. The van der Waals surface area contributed by atoms with Crippen LogP contribution < -0.4 is 10.9 Å². The number of amides is 1. The first-order valence-electron chi connectivity index (χ1n) is 7.23. The highest BCUT2D eigenvalue weighted by molar-refractivity contribution is 7.20. The molecule has 0 atom stereocenters. The number of aromatic nitrogens is 3. The maximum absolute atomic E-state index is 12.6. The van der Waals surface area contributed by atoms with Gasteiger partial charge in [0.25, 0.3) is 11.5 Å². The number of methoxy groups -OCH3 is 1. The molecule has 0 unspecified atom stereocenters. The molecule has 1 amide bonds. The van der Waals surface area contributed by atoms with Gasteiger partial charge >= 0.3 is 0 Å². The predicted molar refractivity (Wildman–Crippen MR) is 89.7 cm³/mol. The van der Waals surface area contributed by atoms with E-state index in [1.54, 1.807) is 27.0 Å². The molecule has 126 valence electrons. The number of aryl methyl sites for hydroxylation is 2. The van der Waals surface area contributed by atoms with Crippen LogP contribution in [0.1, 0.15) is 21.0 Å². The van der Waals surface area contributed by atoms with Gasteiger partial charge in [-0.2, -0.15) is 0 Å². The van der Waals surface area contributed by atoms with Gasteiger partial charge in [0.15, 0.2) is 5.82 Å². The maximum atomic E-state index is 12.6. The fourth-order valence-electron chi connectivity index (χ4n) is 2.32. The van der Waals surface area contributed by atoms with Gasteiger partial charge in [-0.3, -0.25) is 14.2 Å². The molecule has 0 fully saturated rings. The number of carbonyl (C=O) groups excluding carboxylic acids is 1. The van der Waals surface area contributed by atoms with Crippen molar-refractivity contribution in [1.29, 1.82) is 0 Å². The number of ether oxygens (including phenoxy) is 1. The minimum absolute atomic E-state index is 0.179. The van der Waals surface area contributed by atoms with E-state index in [9.17, 15) is 9.59 Å². The number of hydrogen-bond acceptors (Lipinski definition) is 7. The Morgan fingerprint density at radius 1 is 1.46 bits per heavy atom. The van der Waals surface area contributed by atoms with Crippen LogP contribution >= 0.6 is 11.3 Å². The highest BCUT2D eigenvalue weighted by atomic mass is 32.1. The second-order valence-corrected chi connectivity index (χ2v) is 6.25. The Hall–Kier alpha value is -2.52. The van der Waals surface area contributed by atoms with E-state index < -0.39 is 0 Å². The summed E-state index contributed by atoms with van der Waals surface area (Å²) in [4.78, 5) is 30.3. The second kappa shape index (κ2) is 6.54. The molecule has 0 saturated carbocycles. The summed E-state index contributed by atoms with van der Waals surface area (Å²) < 4.78 is 11.4. The molecule has 0 spiro atoms. The van der Waals surface area contributed by atoms with Gasteiger partial charge in [-0.15, -0.1) is 11.3 Å². The Bertz CT molecular complexity index is 956. The highest BCUT2D eigenvalue weighted by Crippen LogP contribution is 2.27. The third kappa shape index (κ3) is 2.95. The van der Waals surface area contributed by atoms with Gasteiger partial charge in [-0.1, -0.05) is 5.16 Å². The van der Waals surface area contributed by atoms with Crippen LogP contribution in [0, 0.1) is 13.8 Å². The van der Waals surface area contributed by atoms with E-state index in [-0.39, 0.29) is 11.5 Å². The van der Waals surface area contributed by atoms with Gasteiger partial charge in [-0.25, -0.2) is 4.98 Å². The summed E-state index contributed by atoms with van der Waals surface area (Å²) in [5.74, 6) is 0.590. The van der Waals surface area contributed by atoms with Crippen molar-refractivity contribution in [2.75, 3.05) is 19.0 Å². The molecule has 0 aromatic carbocycles. The van der Waals surface area contributed by atoms with Crippen LogP contribution in [0.5, 0.6) is 0 Å². The van der Waals surface area contributed by atoms with Crippen LogP contribution in [-0.4, -0.2) is 34.3 Å². The molecule has 3 aromatic rings. The fourth-order valence-corrected chi connectivity index (χ4v) is 3.36. The third-order valence-electron chi connectivity index (χ3n) is 3.53. The smallest absolute Gasteiger partial charge is 0.267 e. The predicted octanol–water partition coefficient (Wildman–Crippen LogP) is 1.96. The van der Waals surface area contributed by atoms with Crippen molar-refractivity contribution in [1.82, 2.24) is 14.7 Å². The molecule has 0 aliphatic carbocycles. The number of hydrogen-bond donors (Lipinski definition) is 1. The molecule has 8 nitrogen and oxygen atoms in total. The number of rotatable bonds is 5. The normalized spacial score (nSPS) is 11.1. The Balaban J connectivity index is 1.97. The lowest BCUT2D eigenvalue weighted by atomic mass is 10.2. The number of anilines is 1. The first-order valence-corrected chi connectivity index (χ1v) is 8.05. The Morgan fingerprint density at radius 3 is 2.92 bits per heavy atom. The molecule has 0 bridgehead atoms. The van der Waals surface area contributed by atoms with E-state index in [0.717, 1.165) is 0 Å².